The molecule has 1 atom stereocenters. The van der Waals surface area contributed by atoms with Gasteiger partial charge in [-0.1, -0.05) is 41.9 Å². The van der Waals surface area contributed by atoms with Gasteiger partial charge in [0.05, 0.1) is 18.7 Å². The molecule has 130 valence electrons. The van der Waals surface area contributed by atoms with Crippen LogP contribution in [0, 0.1) is 5.92 Å². The van der Waals surface area contributed by atoms with Crippen molar-refractivity contribution in [3.05, 3.63) is 70.3 Å². The molecule has 0 spiro atoms. The Bertz CT molecular complexity index is 881. The average Bonchev–Trinajstić information content (AvgIpc) is 3.01. The van der Waals surface area contributed by atoms with Gasteiger partial charge in [-0.25, -0.2) is 4.79 Å². The Labute approximate surface area is 156 Å². The molecule has 0 aliphatic heterocycles. The fraction of sp³-hybridized carbons (Fsp3) is 0.286. The van der Waals surface area contributed by atoms with Gasteiger partial charge in [-0.15, -0.1) is 0 Å². The molecule has 0 radical (unpaired) electrons. The molecule has 3 aromatic rings. The highest BCUT2D eigenvalue weighted by Gasteiger charge is 2.18. The summed E-state index contributed by atoms with van der Waals surface area (Å²) in [5.41, 5.74) is 2.99. The maximum absolute atomic E-state index is 11.7. The van der Waals surface area contributed by atoms with Crippen LogP contribution in [-0.4, -0.2) is 17.6 Å². The lowest BCUT2D eigenvalue weighted by Gasteiger charge is -2.23. The van der Waals surface area contributed by atoms with E-state index in [1.165, 1.54) is 23.6 Å². The van der Waals surface area contributed by atoms with E-state index in [1.807, 2.05) is 24.3 Å². The minimum Gasteiger partial charge on any atom is -0.465 e. The summed E-state index contributed by atoms with van der Waals surface area (Å²) >= 11 is 3.54. The number of methoxy groups -OCH3 is 1. The summed E-state index contributed by atoms with van der Waals surface area (Å²) in [6, 6.07) is 16.5. The van der Waals surface area contributed by atoms with Gasteiger partial charge >= 0.3 is 5.97 Å². The van der Waals surface area contributed by atoms with Gasteiger partial charge in [0.25, 0.3) is 0 Å². The molecule has 2 aromatic carbocycles. The molecule has 4 heteroatoms. The predicted molar refractivity (Wildman–Crippen MR) is 105 cm³/mol. The topological polar surface area (TPSA) is 31.2 Å². The van der Waals surface area contributed by atoms with Crippen LogP contribution in [0.4, 0.5) is 0 Å². The molecular weight excluding hydrogens is 378 g/mol. The van der Waals surface area contributed by atoms with E-state index in [0.29, 0.717) is 11.5 Å². The average molecular weight is 400 g/mol. The van der Waals surface area contributed by atoms with Gasteiger partial charge in [-0.05, 0) is 54.3 Å². The van der Waals surface area contributed by atoms with Crippen LogP contribution in [-0.2, 0) is 4.74 Å². The molecule has 0 fully saturated rings. The highest BCUT2D eigenvalue weighted by molar-refractivity contribution is 9.10. The van der Waals surface area contributed by atoms with Crippen molar-refractivity contribution in [1.82, 2.24) is 4.57 Å². The summed E-state index contributed by atoms with van der Waals surface area (Å²) < 4.78 is 8.21. The van der Waals surface area contributed by atoms with Crippen molar-refractivity contribution in [3.8, 4) is 0 Å². The monoisotopic (exact) mass is 399 g/mol. The molecule has 0 aliphatic rings. The first-order chi connectivity index (χ1) is 12.0. The van der Waals surface area contributed by atoms with E-state index in [0.717, 1.165) is 10.9 Å². The van der Waals surface area contributed by atoms with Crippen molar-refractivity contribution in [2.45, 2.75) is 26.3 Å². The fourth-order valence-electron chi connectivity index (χ4n) is 3.22. The zero-order valence-corrected chi connectivity index (χ0v) is 16.3. The number of benzene rings is 2. The van der Waals surface area contributed by atoms with Gasteiger partial charge in [0.1, 0.15) is 0 Å². The van der Waals surface area contributed by atoms with E-state index in [-0.39, 0.29) is 12.0 Å². The number of hydrogen-bond donors (Lipinski definition) is 0. The fourth-order valence-corrected chi connectivity index (χ4v) is 3.60. The van der Waals surface area contributed by atoms with E-state index in [9.17, 15) is 4.79 Å². The minimum absolute atomic E-state index is 0.227. The van der Waals surface area contributed by atoms with Gasteiger partial charge in [-0.3, -0.25) is 0 Å². The number of fused-ring (bicyclic) bond motifs is 1. The Balaban J connectivity index is 2.03. The second-order valence-corrected chi connectivity index (χ2v) is 7.60. The van der Waals surface area contributed by atoms with Crippen LogP contribution in [0.3, 0.4) is 0 Å². The third-order valence-electron chi connectivity index (χ3n) is 4.43. The SMILES string of the molecule is COC(=O)c1ccc(C(CC(C)C)n2ccc3cc(Br)ccc32)cc1. The Morgan fingerprint density at radius 1 is 1.12 bits per heavy atom. The maximum Gasteiger partial charge on any atom is 0.337 e. The molecule has 0 aliphatic carbocycles. The number of hydrogen-bond acceptors (Lipinski definition) is 2. The van der Waals surface area contributed by atoms with Gasteiger partial charge in [0.2, 0.25) is 0 Å². The Hall–Kier alpha value is -2.07. The number of carbonyl (C=O) groups is 1. The summed E-state index contributed by atoms with van der Waals surface area (Å²) in [7, 11) is 1.40. The van der Waals surface area contributed by atoms with Gasteiger partial charge in [0.15, 0.2) is 0 Å². The Kier molecular flexibility index (Phi) is 5.28. The molecule has 1 unspecified atom stereocenters. The summed E-state index contributed by atoms with van der Waals surface area (Å²) in [5.74, 6) is 0.251. The number of halogens is 1. The normalized spacial score (nSPS) is 12.5. The summed E-state index contributed by atoms with van der Waals surface area (Å²) in [4.78, 5) is 11.7. The van der Waals surface area contributed by atoms with Crippen molar-refractivity contribution in [2.75, 3.05) is 7.11 Å². The molecule has 25 heavy (non-hydrogen) atoms. The molecule has 0 bridgehead atoms. The van der Waals surface area contributed by atoms with E-state index in [2.05, 4.69) is 64.8 Å². The number of aromatic nitrogens is 1. The van der Waals surface area contributed by atoms with Gasteiger partial charge < -0.3 is 9.30 Å². The van der Waals surface area contributed by atoms with E-state index >= 15 is 0 Å². The van der Waals surface area contributed by atoms with Crippen LogP contribution in [0.25, 0.3) is 10.9 Å². The third-order valence-corrected chi connectivity index (χ3v) is 4.92. The summed E-state index contributed by atoms with van der Waals surface area (Å²) in [6.07, 6.45) is 3.18. The van der Waals surface area contributed by atoms with Crippen molar-refractivity contribution in [3.63, 3.8) is 0 Å². The quantitative estimate of drug-likeness (QED) is 0.505. The summed E-state index contributed by atoms with van der Waals surface area (Å²) in [6.45, 7) is 4.47. The van der Waals surface area contributed by atoms with E-state index < -0.39 is 0 Å². The van der Waals surface area contributed by atoms with E-state index in [1.54, 1.807) is 0 Å². The molecule has 3 rings (SSSR count). The largest absolute Gasteiger partial charge is 0.465 e. The highest BCUT2D eigenvalue weighted by atomic mass is 79.9. The molecule has 3 nitrogen and oxygen atoms in total. The molecule has 1 heterocycles. The zero-order valence-electron chi connectivity index (χ0n) is 14.7. The maximum atomic E-state index is 11.7. The highest BCUT2D eigenvalue weighted by Crippen LogP contribution is 2.31. The second-order valence-electron chi connectivity index (χ2n) is 6.69. The van der Waals surface area contributed by atoms with Crippen LogP contribution in [0.5, 0.6) is 0 Å². The molecule has 0 saturated carbocycles. The third kappa shape index (κ3) is 3.79. The van der Waals surface area contributed by atoms with Crippen molar-refractivity contribution in [2.24, 2.45) is 5.92 Å². The van der Waals surface area contributed by atoms with Crippen LogP contribution in [0.15, 0.2) is 59.2 Å². The molecular formula is C21H22BrNO2. The predicted octanol–water partition coefficient (Wildman–Crippen LogP) is 5.83. The number of rotatable bonds is 5. The second kappa shape index (κ2) is 7.44. The van der Waals surface area contributed by atoms with Crippen LogP contribution in [0.2, 0.25) is 0 Å². The van der Waals surface area contributed by atoms with Gasteiger partial charge in [-0.2, -0.15) is 0 Å². The summed E-state index contributed by atoms with van der Waals surface area (Å²) in [5, 5.41) is 1.22. The molecule has 0 N–H and O–H groups in total. The number of esters is 1. The lowest BCUT2D eigenvalue weighted by molar-refractivity contribution is 0.0600. The van der Waals surface area contributed by atoms with Crippen LogP contribution in [0.1, 0.15) is 42.2 Å². The van der Waals surface area contributed by atoms with Crippen LogP contribution >= 0.6 is 15.9 Å². The number of ether oxygens (including phenoxy) is 1. The first-order valence-electron chi connectivity index (χ1n) is 8.44. The first kappa shape index (κ1) is 17.7. The van der Waals surface area contributed by atoms with Crippen molar-refractivity contribution < 1.29 is 9.53 Å². The van der Waals surface area contributed by atoms with Crippen molar-refractivity contribution >= 4 is 32.8 Å². The smallest absolute Gasteiger partial charge is 0.337 e. The molecule has 0 amide bonds. The Morgan fingerprint density at radius 2 is 1.84 bits per heavy atom. The number of carbonyl (C=O) groups excluding carboxylic acids is 1. The van der Waals surface area contributed by atoms with Crippen molar-refractivity contribution in [1.29, 1.82) is 0 Å². The van der Waals surface area contributed by atoms with E-state index in [4.69, 9.17) is 4.74 Å². The molecule has 1 aromatic heterocycles. The lowest BCUT2D eigenvalue weighted by Crippen LogP contribution is -2.13. The standard InChI is InChI=1S/C21H22BrNO2/c1-14(2)12-20(15-4-6-16(7-5-15)21(24)25-3)23-11-10-17-13-18(22)8-9-19(17)23/h4-11,13-14,20H,12H2,1-3H3. The van der Waals surface area contributed by atoms with Crippen LogP contribution < -0.4 is 0 Å². The minimum atomic E-state index is -0.303. The zero-order chi connectivity index (χ0) is 18.0. The number of nitrogens with zero attached hydrogens (tertiary/aromatic N) is 1. The lowest BCUT2D eigenvalue weighted by atomic mass is 9.96. The molecule has 0 saturated heterocycles. The van der Waals surface area contributed by atoms with Gasteiger partial charge in [0, 0.05) is 21.6 Å². The first-order valence-corrected chi connectivity index (χ1v) is 9.23. The Morgan fingerprint density at radius 3 is 2.48 bits per heavy atom.